The molecule has 0 unspecified atom stereocenters. The van der Waals surface area contributed by atoms with Crippen LogP contribution in [-0.2, 0) is 10.2 Å². The number of carbonyl (C=O) groups is 1. The maximum Gasteiger partial charge on any atom is 0.236 e. The smallest absolute Gasteiger partial charge is 0.236 e. The maximum atomic E-state index is 12.3. The lowest BCUT2D eigenvalue weighted by Crippen LogP contribution is -2.33. The molecule has 1 amide bonds. The molecule has 0 aliphatic carbocycles. The quantitative estimate of drug-likeness (QED) is 0.718. The first kappa shape index (κ1) is 12.1. The Morgan fingerprint density at radius 3 is 2.81 bits per heavy atom. The molecule has 0 saturated carbocycles. The van der Waals surface area contributed by atoms with Crippen molar-refractivity contribution in [1.82, 2.24) is 20.2 Å². The number of carbonyl (C=O) groups excluding carboxylic acids is 1. The average molecular weight is 281 g/mol. The number of fused-ring (bicyclic) bond motifs is 2. The molecule has 106 valence electrons. The summed E-state index contributed by atoms with van der Waals surface area (Å²) in [6.45, 7) is 3.90. The van der Waals surface area contributed by atoms with E-state index in [0.29, 0.717) is 0 Å². The molecule has 2 N–H and O–H groups in total. The molecular formula is C15H15N5O. The lowest BCUT2D eigenvalue weighted by atomic mass is 9.86. The molecule has 1 aliphatic heterocycles. The van der Waals surface area contributed by atoms with Gasteiger partial charge in [-0.25, -0.2) is 4.98 Å². The van der Waals surface area contributed by atoms with Crippen molar-refractivity contribution in [1.29, 1.82) is 0 Å². The number of nitrogens with one attached hydrogen (secondary N) is 2. The van der Waals surface area contributed by atoms with E-state index in [1.54, 1.807) is 11.1 Å². The van der Waals surface area contributed by atoms with E-state index in [1.165, 1.54) is 0 Å². The van der Waals surface area contributed by atoms with E-state index in [4.69, 9.17) is 0 Å². The Balaban J connectivity index is 1.95. The van der Waals surface area contributed by atoms with Gasteiger partial charge in [-0.05, 0) is 37.6 Å². The number of aromatic nitrogens is 4. The number of aromatic amines is 2. The molecular weight excluding hydrogens is 266 g/mol. The van der Waals surface area contributed by atoms with Gasteiger partial charge in [0, 0.05) is 18.9 Å². The molecule has 1 aromatic carbocycles. The molecule has 3 heterocycles. The summed E-state index contributed by atoms with van der Waals surface area (Å²) in [5.41, 5.74) is 3.98. The predicted molar refractivity (Wildman–Crippen MR) is 80.1 cm³/mol. The first-order valence-electron chi connectivity index (χ1n) is 6.81. The van der Waals surface area contributed by atoms with Gasteiger partial charge in [-0.1, -0.05) is 0 Å². The summed E-state index contributed by atoms with van der Waals surface area (Å²) in [5.74, 6) is 0.833. The largest absolute Gasteiger partial charge is 0.337 e. The van der Waals surface area contributed by atoms with Crippen LogP contribution in [0.2, 0.25) is 0 Å². The van der Waals surface area contributed by atoms with Crippen molar-refractivity contribution >= 4 is 22.6 Å². The third kappa shape index (κ3) is 1.50. The number of nitrogens with zero attached hydrogens (tertiary/aromatic N) is 3. The summed E-state index contributed by atoms with van der Waals surface area (Å²) in [6, 6.07) is 5.85. The van der Waals surface area contributed by atoms with Gasteiger partial charge in [0.25, 0.3) is 0 Å². The maximum absolute atomic E-state index is 12.3. The molecule has 0 atom stereocenters. The van der Waals surface area contributed by atoms with Gasteiger partial charge in [0.15, 0.2) is 5.82 Å². The third-order valence-corrected chi connectivity index (χ3v) is 4.22. The molecule has 6 heteroatoms. The topological polar surface area (TPSA) is 77.7 Å². The van der Waals surface area contributed by atoms with Gasteiger partial charge in [-0.2, -0.15) is 5.10 Å². The molecule has 0 fully saturated rings. The van der Waals surface area contributed by atoms with E-state index in [9.17, 15) is 4.79 Å². The molecule has 0 radical (unpaired) electrons. The number of anilines is 1. The first-order valence-corrected chi connectivity index (χ1v) is 6.81. The fourth-order valence-electron chi connectivity index (χ4n) is 2.98. The Kier molecular flexibility index (Phi) is 2.15. The van der Waals surface area contributed by atoms with Crippen LogP contribution in [-0.4, -0.2) is 33.1 Å². The number of rotatable bonds is 1. The second-order valence-electron chi connectivity index (χ2n) is 5.92. The van der Waals surface area contributed by atoms with Crippen LogP contribution < -0.4 is 4.90 Å². The van der Waals surface area contributed by atoms with Crippen molar-refractivity contribution in [2.24, 2.45) is 0 Å². The van der Waals surface area contributed by atoms with E-state index < -0.39 is 5.41 Å². The number of likely N-dealkylation sites (N-methyl/N-ethyl adjacent to an activating group) is 1. The van der Waals surface area contributed by atoms with Crippen molar-refractivity contribution in [2.75, 3.05) is 11.9 Å². The van der Waals surface area contributed by atoms with Crippen LogP contribution in [0.5, 0.6) is 0 Å². The normalized spacial score (nSPS) is 16.7. The van der Waals surface area contributed by atoms with Crippen molar-refractivity contribution in [3.05, 3.63) is 30.0 Å². The summed E-state index contributed by atoms with van der Waals surface area (Å²) in [4.78, 5) is 21.9. The van der Waals surface area contributed by atoms with Crippen LogP contribution in [0.15, 0.2) is 24.4 Å². The van der Waals surface area contributed by atoms with Gasteiger partial charge in [0.05, 0.1) is 16.4 Å². The number of benzene rings is 1. The minimum atomic E-state index is -0.510. The lowest BCUT2D eigenvalue weighted by Gasteiger charge is -2.16. The fraction of sp³-hybridized carbons (Fsp3) is 0.267. The Labute approximate surface area is 121 Å². The van der Waals surface area contributed by atoms with Crippen LogP contribution >= 0.6 is 0 Å². The molecule has 3 aromatic rings. The van der Waals surface area contributed by atoms with E-state index >= 15 is 0 Å². The van der Waals surface area contributed by atoms with E-state index in [0.717, 1.165) is 33.8 Å². The van der Waals surface area contributed by atoms with Crippen molar-refractivity contribution < 1.29 is 4.79 Å². The van der Waals surface area contributed by atoms with Crippen LogP contribution in [0.25, 0.3) is 22.6 Å². The molecule has 4 rings (SSSR count). The summed E-state index contributed by atoms with van der Waals surface area (Å²) in [6.07, 6.45) is 1.76. The zero-order valence-electron chi connectivity index (χ0n) is 12.1. The van der Waals surface area contributed by atoms with Crippen LogP contribution in [0, 0.1) is 0 Å². The predicted octanol–water partition coefficient (Wildman–Crippen LogP) is 2.21. The van der Waals surface area contributed by atoms with Crippen LogP contribution in [0.4, 0.5) is 5.69 Å². The van der Waals surface area contributed by atoms with Crippen LogP contribution in [0.1, 0.15) is 19.4 Å². The highest BCUT2D eigenvalue weighted by Gasteiger charge is 2.42. The van der Waals surface area contributed by atoms with E-state index in [1.807, 2.05) is 39.1 Å². The Morgan fingerprint density at radius 1 is 1.29 bits per heavy atom. The molecule has 21 heavy (non-hydrogen) atoms. The Hall–Kier alpha value is -2.63. The standard InChI is InChI=1S/C15H15N5O/c1-15(2)8-6-10-11(7-12(8)20(3)14(15)21)18-13(17-10)9-4-5-16-19-9/h4-7H,1-3H3,(H,16,19)(H,17,18). The molecule has 1 aliphatic rings. The van der Waals surface area contributed by atoms with Crippen molar-refractivity contribution in [3.63, 3.8) is 0 Å². The van der Waals surface area contributed by atoms with Crippen molar-refractivity contribution in [2.45, 2.75) is 19.3 Å². The average Bonchev–Trinajstić information content (AvgIpc) is 3.14. The minimum absolute atomic E-state index is 0.109. The van der Waals surface area contributed by atoms with Gasteiger partial charge in [-0.15, -0.1) is 0 Å². The summed E-state index contributed by atoms with van der Waals surface area (Å²) >= 11 is 0. The molecule has 0 bridgehead atoms. The van der Waals surface area contributed by atoms with Crippen molar-refractivity contribution in [3.8, 4) is 11.5 Å². The summed E-state index contributed by atoms with van der Waals surface area (Å²) in [7, 11) is 1.81. The first-order chi connectivity index (χ1) is 9.98. The molecule has 2 aromatic heterocycles. The second-order valence-corrected chi connectivity index (χ2v) is 5.92. The van der Waals surface area contributed by atoms with E-state index in [2.05, 4.69) is 20.2 Å². The monoisotopic (exact) mass is 281 g/mol. The summed E-state index contributed by atoms with van der Waals surface area (Å²) < 4.78 is 0. The van der Waals surface area contributed by atoms with Gasteiger partial charge in [0.2, 0.25) is 5.91 Å². The Bertz CT molecular complexity index is 860. The van der Waals surface area contributed by atoms with Gasteiger partial charge >= 0.3 is 0 Å². The van der Waals surface area contributed by atoms with E-state index in [-0.39, 0.29) is 5.91 Å². The van der Waals surface area contributed by atoms with Gasteiger partial charge in [-0.3, -0.25) is 9.89 Å². The van der Waals surface area contributed by atoms with Gasteiger partial charge in [0.1, 0.15) is 5.69 Å². The number of hydrogen-bond acceptors (Lipinski definition) is 3. The zero-order valence-corrected chi connectivity index (χ0v) is 12.1. The minimum Gasteiger partial charge on any atom is -0.337 e. The Morgan fingerprint density at radius 2 is 2.10 bits per heavy atom. The number of imidazole rings is 1. The second kappa shape index (κ2) is 3.72. The van der Waals surface area contributed by atoms with Crippen LogP contribution in [0.3, 0.4) is 0 Å². The zero-order chi connectivity index (χ0) is 14.8. The molecule has 0 spiro atoms. The molecule has 6 nitrogen and oxygen atoms in total. The van der Waals surface area contributed by atoms with Gasteiger partial charge < -0.3 is 9.88 Å². The highest BCUT2D eigenvalue weighted by Crippen LogP contribution is 2.42. The number of H-pyrrole nitrogens is 2. The number of amides is 1. The lowest BCUT2D eigenvalue weighted by molar-refractivity contribution is -0.121. The summed E-state index contributed by atoms with van der Waals surface area (Å²) in [5, 5.41) is 6.91. The molecule has 0 saturated heterocycles. The third-order valence-electron chi connectivity index (χ3n) is 4.22. The highest BCUT2D eigenvalue weighted by molar-refractivity contribution is 6.09. The highest BCUT2D eigenvalue weighted by atomic mass is 16.2. The SMILES string of the molecule is CN1C(=O)C(C)(C)c2cc3nc(-c4cc[nH]n4)[nH]c3cc21. The fourth-order valence-corrected chi connectivity index (χ4v) is 2.98. The number of hydrogen-bond donors (Lipinski definition) is 2.